The van der Waals surface area contributed by atoms with Crippen molar-refractivity contribution in [2.24, 2.45) is 0 Å². The van der Waals surface area contributed by atoms with Crippen molar-refractivity contribution in [1.29, 1.82) is 0 Å². The monoisotopic (exact) mass is 426 g/mol. The molecule has 6 heteroatoms. The third-order valence-electron chi connectivity index (χ3n) is 6.08. The Labute approximate surface area is 187 Å². The molecule has 3 rings (SSSR count). The maximum absolute atomic E-state index is 12.5. The summed E-state index contributed by atoms with van der Waals surface area (Å²) in [7, 11) is 0. The number of nitrogens with zero attached hydrogens (tertiary/aromatic N) is 4. The number of unbranched alkanes of at least 4 members (excludes halogenated alkanes) is 2. The number of rotatable bonds is 12. The van der Waals surface area contributed by atoms with Crippen LogP contribution in [0.15, 0.2) is 36.5 Å². The predicted molar refractivity (Wildman–Crippen MR) is 123 cm³/mol. The molecule has 2 unspecified atom stereocenters. The molecule has 1 saturated carbocycles. The van der Waals surface area contributed by atoms with Crippen molar-refractivity contribution in [1.82, 2.24) is 19.9 Å². The Bertz CT molecular complexity index is 769. The lowest BCUT2D eigenvalue weighted by Crippen LogP contribution is -2.33. The highest BCUT2D eigenvalue weighted by atomic mass is 16.5. The number of esters is 1. The standard InChI is InChI=1S/C25H38N4O2/c1-3-5-16-28(17-6-4-2)19-22-20-29(27-26-22)23-14-10-11-15-24(23)31-25(30)18-21-12-8-7-9-13-21/h7-9,12-13,20,23-24H,3-6,10-11,14-19H2,1-2H3. The summed E-state index contributed by atoms with van der Waals surface area (Å²) in [4.78, 5) is 15.0. The van der Waals surface area contributed by atoms with E-state index in [4.69, 9.17) is 4.74 Å². The van der Waals surface area contributed by atoms with Gasteiger partial charge in [0.05, 0.1) is 24.4 Å². The summed E-state index contributed by atoms with van der Waals surface area (Å²) < 4.78 is 7.87. The second-order valence-corrected chi connectivity index (χ2v) is 8.72. The first kappa shape index (κ1) is 23.5. The van der Waals surface area contributed by atoms with Crippen LogP contribution in [-0.4, -0.2) is 45.1 Å². The molecule has 0 N–H and O–H groups in total. The lowest BCUT2D eigenvalue weighted by atomic mass is 9.92. The van der Waals surface area contributed by atoms with Gasteiger partial charge in [-0.3, -0.25) is 9.69 Å². The Morgan fingerprint density at radius 3 is 2.52 bits per heavy atom. The molecule has 0 radical (unpaired) electrons. The molecule has 0 aliphatic heterocycles. The number of ether oxygens (including phenoxy) is 1. The minimum absolute atomic E-state index is 0.0782. The van der Waals surface area contributed by atoms with Crippen LogP contribution in [0.3, 0.4) is 0 Å². The van der Waals surface area contributed by atoms with Gasteiger partial charge in [-0.25, -0.2) is 4.68 Å². The Morgan fingerprint density at radius 2 is 1.81 bits per heavy atom. The average Bonchev–Trinajstić information content (AvgIpc) is 3.25. The smallest absolute Gasteiger partial charge is 0.310 e. The maximum Gasteiger partial charge on any atom is 0.310 e. The van der Waals surface area contributed by atoms with Gasteiger partial charge in [-0.2, -0.15) is 0 Å². The Balaban J connectivity index is 1.60. The van der Waals surface area contributed by atoms with Crippen molar-refractivity contribution < 1.29 is 9.53 Å². The van der Waals surface area contributed by atoms with Gasteiger partial charge in [0.25, 0.3) is 0 Å². The van der Waals surface area contributed by atoms with E-state index in [-0.39, 0.29) is 18.1 Å². The van der Waals surface area contributed by atoms with E-state index in [0.717, 1.165) is 56.6 Å². The summed E-state index contributed by atoms with van der Waals surface area (Å²) in [6.07, 6.45) is 11.2. The molecule has 170 valence electrons. The van der Waals surface area contributed by atoms with Gasteiger partial charge in [0.2, 0.25) is 0 Å². The van der Waals surface area contributed by atoms with Crippen LogP contribution in [-0.2, 0) is 22.5 Å². The highest BCUT2D eigenvalue weighted by molar-refractivity contribution is 5.72. The molecule has 1 aromatic carbocycles. The SMILES string of the molecule is CCCCN(CCCC)Cc1cn(C2CCCCC2OC(=O)Cc2ccccc2)nn1. The van der Waals surface area contributed by atoms with Gasteiger partial charge in [-0.1, -0.05) is 68.7 Å². The van der Waals surface area contributed by atoms with E-state index in [2.05, 4.69) is 35.3 Å². The lowest BCUT2D eigenvalue weighted by molar-refractivity contribution is -0.152. The predicted octanol–water partition coefficient (Wildman–Crippen LogP) is 4.95. The van der Waals surface area contributed by atoms with Crippen molar-refractivity contribution >= 4 is 5.97 Å². The third-order valence-corrected chi connectivity index (χ3v) is 6.08. The molecule has 31 heavy (non-hydrogen) atoms. The molecule has 1 aromatic heterocycles. The molecule has 6 nitrogen and oxygen atoms in total. The van der Waals surface area contributed by atoms with Crippen molar-refractivity contribution in [3.63, 3.8) is 0 Å². The molecule has 1 heterocycles. The average molecular weight is 427 g/mol. The number of carbonyl (C=O) groups is 1. The van der Waals surface area contributed by atoms with Gasteiger partial charge >= 0.3 is 5.97 Å². The lowest BCUT2D eigenvalue weighted by Gasteiger charge is -2.31. The van der Waals surface area contributed by atoms with Gasteiger partial charge in [-0.15, -0.1) is 5.10 Å². The number of hydrogen-bond donors (Lipinski definition) is 0. The van der Waals surface area contributed by atoms with Crippen molar-refractivity contribution in [2.75, 3.05) is 13.1 Å². The van der Waals surface area contributed by atoms with Crippen LogP contribution in [0.2, 0.25) is 0 Å². The second kappa shape index (κ2) is 12.6. The summed E-state index contributed by atoms with van der Waals surface area (Å²) in [5, 5.41) is 8.90. The van der Waals surface area contributed by atoms with Gasteiger partial charge in [0.1, 0.15) is 6.10 Å². The summed E-state index contributed by atoms with van der Waals surface area (Å²) >= 11 is 0. The number of hydrogen-bond acceptors (Lipinski definition) is 5. The molecule has 1 aliphatic rings. The van der Waals surface area contributed by atoms with E-state index in [9.17, 15) is 4.79 Å². The van der Waals surface area contributed by atoms with E-state index < -0.39 is 0 Å². The van der Waals surface area contributed by atoms with Crippen molar-refractivity contribution in [3.8, 4) is 0 Å². The van der Waals surface area contributed by atoms with Crippen LogP contribution < -0.4 is 0 Å². The largest absolute Gasteiger partial charge is 0.460 e. The first-order chi connectivity index (χ1) is 15.2. The molecule has 0 bridgehead atoms. The Kier molecular flexibility index (Phi) is 9.53. The zero-order chi connectivity index (χ0) is 21.9. The number of benzene rings is 1. The summed E-state index contributed by atoms with van der Waals surface area (Å²) in [6.45, 7) is 7.51. The van der Waals surface area contributed by atoms with Gasteiger partial charge in [0, 0.05) is 6.54 Å². The van der Waals surface area contributed by atoms with E-state index in [1.54, 1.807) is 0 Å². The Morgan fingerprint density at radius 1 is 1.10 bits per heavy atom. The van der Waals surface area contributed by atoms with Crippen molar-refractivity contribution in [2.45, 2.75) is 90.3 Å². The van der Waals surface area contributed by atoms with E-state index in [0.29, 0.717) is 6.42 Å². The molecule has 0 spiro atoms. The quantitative estimate of drug-likeness (QED) is 0.450. The molecule has 1 fully saturated rings. The maximum atomic E-state index is 12.5. The topological polar surface area (TPSA) is 60.2 Å². The number of aromatic nitrogens is 3. The normalized spacial score (nSPS) is 18.9. The van der Waals surface area contributed by atoms with E-state index in [1.807, 2.05) is 35.0 Å². The molecule has 0 saturated heterocycles. The van der Waals surface area contributed by atoms with Crippen molar-refractivity contribution in [3.05, 3.63) is 47.8 Å². The van der Waals surface area contributed by atoms with Gasteiger partial charge < -0.3 is 4.74 Å². The fourth-order valence-corrected chi connectivity index (χ4v) is 4.30. The summed E-state index contributed by atoms with van der Waals surface area (Å²) in [6, 6.07) is 9.87. The molecule has 2 aromatic rings. The third kappa shape index (κ3) is 7.46. The molecule has 1 aliphatic carbocycles. The second-order valence-electron chi connectivity index (χ2n) is 8.72. The van der Waals surface area contributed by atoms with Gasteiger partial charge in [-0.05, 0) is 50.8 Å². The number of carbonyl (C=O) groups excluding carboxylic acids is 1. The minimum atomic E-state index is -0.159. The Hall–Kier alpha value is -2.21. The zero-order valence-electron chi connectivity index (χ0n) is 19.2. The first-order valence-corrected chi connectivity index (χ1v) is 12.1. The summed E-state index contributed by atoms with van der Waals surface area (Å²) in [5.41, 5.74) is 1.99. The van der Waals surface area contributed by atoms with Crippen LogP contribution in [0, 0.1) is 0 Å². The minimum Gasteiger partial charge on any atom is -0.460 e. The van der Waals surface area contributed by atoms with E-state index >= 15 is 0 Å². The van der Waals surface area contributed by atoms with E-state index in [1.165, 1.54) is 25.7 Å². The van der Waals surface area contributed by atoms with Crippen LogP contribution in [0.25, 0.3) is 0 Å². The summed E-state index contributed by atoms with van der Waals surface area (Å²) in [5.74, 6) is -0.159. The van der Waals surface area contributed by atoms with Crippen LogP contribution >= 0.6 is 0 Å². The van der Waals surface area contributed by atoms with Crippen LogP contribution in [0.5, 0.6) is 0 Å². The molecular formula is C25H38N4O2. The molecule has 0 amide bonds. The van der Waals surface area contributed by atoms with Gasteiger partial charge in [0.15, 0.2) is 0 Å². The highest BCUT2D eigenvalue weighted by Gasteiger charge is 2.31. The molecule has 2 atom stereocenters. The first-order valence-electron chi connectivity index (χ1n) is 12.1. The van der Waals surface area contributed by atoms with Crippen LogP contribution in [0.4, 0.5) is 0 Å². The zero-order valence-corrected chi connectivity index (χ0v) is 19.2. The fourth-order valence-electron chi connectivity index (χ4n) is 4.30. The highest BCUT2D eigenvalue weighted by Crippen LogP contribution is 2.31. The fraction of sp³-hybridized carbons (Fsp3) is 0.640. The molecular weight excluding hydrogens is 388 g/mol. The van der Waals surface area contributed by atoms with Crippen LogP contribution in [0.1, 0.15) is 82.5 Å².